The third kappa shape index (κ3) is 3.77. The molecule has 1 aromatic carbocycles. The monoisotopic (exact) mass is 389 g/mol. The number of rotatable bonds is 3. The number of carboxylic acids is 1. The van der Waals surface area contributed by atoms with Crippen LogP contribution in [0.4, 0.5) is 13.2 Å². The first-order valence-corrected chi connectivity index (χ1v) is 8.24. The zero-order valence-electron chi connectivity index (χ0n) is 13.4. The Labute approximate surface area is 150 Å². The second kappa shape index (κ2) is 6.79. The molecule has 0 unspecified atom stereocenters. The molecule has 0 fully saturated rings. The summed E-state index contributed by atoms with van der Waals surface area (Å²) in [5, 5.41) is 16.5. The number of aromatic amines is 1. The average molecular weight is 390 g/mol. The van der Waals surface area contributed by atoms with Crippen LogP contribution in [0.5, 0.6) is 0 Å². The summed E-state index contributed by atoms with van der Waals surface area (Å²) in [5.74, 6) is -3.04. The maximum atomic E-state index is 13.0. The highest BCUT2D eigenvalue weighted by Gasteiger charge is 2.37. The van der Waals surface area contributed by atoms with Gasteiger partial charge in [-0.15, -0.1) is 0 Å². The summed E-state index contributed by atoms with van der Waals surface area (Å²) in [6.45, 7) is -1.72. The topological polar surface area (TPSA) is 86.3 Å². The predicted molar refractivity (Wildman–Crippen MR) is 86.6 cm³/mol. The van der Waals surface area contributed by atoms with Crippen molar-refractivity contribution in [2.75, 3.05) is 6.54 Å². The minimum absolute atomic E-state index is 0.131. The quantitative estimate of drug-likeness (QED) is 0.844. The summed E-state index contributed by atoms with van der Waals surface area (Å²) in [7, 11) is 0. The van der Waals surface area contributed by atoms with Crippen molar-refractivity contribution in [3.63, 3.8) is 0 Å². The van der Waals surface area contributed by atoms with Gasteiger partial charge in [0, 0.05) is 17.8 Å². The van der Waals surface area contributed by atoms with Crippen molar-refractivity contribution >= 4 is 34.4 Å². The zero-order valence-corrected chi connectivity index (χ0v) is 14.2. The molecule has 1 aromatic heterocycles. The number of nitrogens with one attached hydrogen (secondary N) is 1. The zero-order chi connectivity index (χ0) is 19.1. The second-order valence-corrected chi connectivity index (χ2v) is 6.70. The van der Waals surface area contributed by atoms with Crippen LogP contribution in [0.1, 0.15) is 24.0 Å². The third-order valence-electron chi connectivity index (χ3n) is 4.46. The van der Waals surface area contributed by atoms with Gasteiger partial charge in [-0.25, -0.2) is 0 Å². The van der Waals surface area contributed by atoms with E-state index in [0.717, 1.165) is 0 Å². The molecule has 0 saturated carbocycles. The lowest BCUT2D eigenvalue weighted by Gasteiger charge is -2.31. The average Bonchev–Trinajstić information content (AvgIpc) is 3.00. The Morgan fingerprint density at radius 3 is 2.85 bits per heavy atom. The van der Waals surface area contributed by atoms with Gasteiger partial charge in [0.15, 0.2) is 0 Å². The third-order valence-corrected chi connectivity index (χ3v) is 4.75. The van der Waals surface area contributed by atoms with Crippen LogP contribution < -0.4 is 0 Å². The number of alkyl halides is 3. The number of carbonyl (C=O) groups excluding carboxylic acids is 1. The summed E-state index contributed by atoms with van der Waals surface area (Å²) < 4.78 is 38.9. The molecular formula is C16H15ClF3N3O3. The summed E-state index contributed by atoms with van der Waals surface area (Å²) in [6, 6.07) is 1.64. The minimum Gasteiger partial charge on any atom is -0.481 e. The van der Waals surface area contributed by atoms with E-state index in [0.29, 0.717) is 38.4 Å². The van der Waals surface area contributed by atoms with Crippen molar-refractivity contribution in [1.29, 1.82) is 0 Å². The molecule has 0 bridgehead atoms. The lowest BCUT2D eigenvalue weighted by Crippen LogP contribution is -2.43. The van der Waals surface area contributed by atoms with E-state index in [1.165, 1.54) is 6.20 Å². The van der Waals surface area contributed by atoms with Gasteiger partial charge in [-0.2, -0.15) is 18.3 Å². The number of aromatic nitrogens is 2. The summed E-state index contributed by atoms with van der Waals surface area (Å²) in [4.78, 5) is 24.3. The van der Waals surface area contributed by atoms with Gasteiger partial charge >= 0.3 is 12.1 Å². The molecule has 1 aliphatic rings. The van der Waals surface area contributed by atoms with Crippen LogP contribution in [-0.2, 0) is 22.6 Å². The van der Waals surface area contributed by atoms with E-state index in [9.17, 15) is 22.8 Å². The number of carboxylic acid groups (broad SMARTS) is 1. The number of carbonyl (C=O) groups is 2. The molecule has 10 heteroatoms. The van der Waals surface area contributed by atoms with Gasteiger partial charge in [-0.1, -0.05) is 11.6 Å². The van der Waals surface area contributed by atoms with E-state index < -0.39 is 36.9 Å². The van der Waals surface area contributed by atoms with E-state index in [-0.39, 0.29) is 13.0 Å². The van der Waals surface area contributed by atoms with E-state index in [1.54, 1.807) is 6.07 Å². The highest BCUT2D eigenvalue weighted by molar-refractivity contribution is 6.35. The van der Waals surface area contributed by atoms with Crippen molar-refractivity contribution in [2.24, 2.45) is 5.92 Å². The fourth-order valence-corrected chi connectivity index (χ4v) is 3.60. The number of hydrogen-bond acceptors (Lipinski definition) is 3. The number of nitrogens with zero attached hydrogens (tertiary/aromatic N) is 2. The molecule has 1 amide bonds. The Kier molecular flexibility index (Phi) is 4.83. The van der Waals surface area contributed by atoms with Gasteiger partial charge in [0.05, 0.1) is 23.2 Å². The summed E-state index contributed by atoms with van der Waals surface area (Å²) >= 11 is 6.20. The summed E-state index contributed by atoms with van der Waals surface area (Å²) in [6.07, 6.45) is -3.16. The first-order chi connectivity index (χ1) is 12.2. The van der Waals surface area contributed by atoms with Crippen LogP contribution in [0.2, 0.25) is 5.02 Å². The van der Waals surface area contributed by atoms with Crippen molar-refractivity contribution in [1.82, 2.24) is 15.1 Å². The summed E-state index contributed by atoms with van der Waals surface area (Å²) in [5.41, 5.74) is 1.73. The first kappa shape index (κ1) is 18.5. The smallest absolute Gasteiger partial charge is 0.406 e. The van der Waals surface area contributed by atoms with E-state index in [4.69, 9.17) is 16.7 Å². The van der Waals surface area contributed by atoms with Gasteiger partial charge < -0.3 is 10.0 Å². The molecule has 0 spiro atoms. The molecule has 2 N–H and O–H groups in total. The largest absolute Gasteiger partial charge is 0.481 e. The Morgan fingerprint density at radius 2 is 2.19 bits per heavy atom. The molecule has 1 atom stereocenters. The van der Waals surface area contributed by atoms with Crippen LogP contribution in [0.25, 0.3) is 10.9 Å². The molecule has 6 nitrogen and oxygen atoms in total. The Hall–Kier alpha value is -2.29. The Bertz CT molecular complexity index is 866. The fraction of sp³-hybridized carbons (Fsp3) is 0.438. The number of aliphatic carboxylic acids is 1. The standard InChI is InChI=1S/C16H15ClF3N3O3/c17-12-3-8-1-2-9(4-13(24)25)15(26)23(7-16(18,19)20)6-11(8)10-5-21-22-14(10)12/h3,5,9H,1-2,4,6-7H2,(H,21,22)(H,24,25)/t9-/m0/s1. The fourth-order valence-electron chi connectivity index (χ4n) is 3.32. The number of H-pyrrole nitrogens is 1. The van der Waals surface area contributed by atoms with Gasteiger partial charge in [0.2, 0.25) is 5.91 Å². The van der Waals surface area contributed by atoms with Gasteiger partial charge in [0.1, 0.15) is 6.54 Å². The lowest BCUT2D eigenvalue weighted by molar-refractivity contribution is -0.166. The van der Waals surface area contributed by atoms with Crippen molar-refractivity contribution in [3.05, 3.63) is 28.4 Å². The van der Waals surface area contributed by atoms with E-state index >= 15 is 0 Å². The first-order valence-electron chi connectivity index (χ1n) is 7.86. The predicted octanol–water partition coefficient (Wildman–Crippen LogP) is 3.14. The molecule has 0 saturated heterocycles. The maximum Gasteiger partial charge on any atom is 0.406 e. The number of benzene rings is 1. The maximum absolute atomic E-state index is 13.0. The molecule has 1 aliphatic heterocycles. The molecule has 2 heterocycles. The SMILES string of the molecule is O=C(O)C[C@@H]1CCc2cc(Cl)c3[nH]ncc3c2CN(CC(F)(F)F)C1=O. The van der Waals surface area contributed by atoms with Crippen LogP contribution in [-0.4, -0.2) is 44.8 Å². The van der Waals surface area contributed by atoms with E-state index in [1.807, 2.05) is 0 Å². The Balaban J connectivity index is 2.07. The van der Waals surface area contributed by atoms with Crippen LogP contribution in [0.3, 0.4) is 0 Å². The van der Waals surface area contributed by atoms with Crippen molar-refractivity contribution in [2.45, 2.75) is 32.0 Å². The normalized spacial score (nSPS) is 18.5. The lowest BCUT2D eigenvalue weighted by atomic mass is 9.89. The number of fused-ring (bicyclic) bond motifs is 3. The van der Waals surface area contributed by atoms with Crippen LogP contribution in [0, 0.1) is 5.92 Å². The highest BCUT2D eigenvalue weighted by Crippen LogP contribution is 2.34. The molecule has 140 valence electrons. The molecule has 26 heavy (non-hydrogen) atoms. The number of halogens is 4. The van der Waals surface area contributed by atoms with E-state index in [2.05, 4.69) is 10.2 Å². The molecular weight excluding hydrogens is 375 g/mol. The molecule has 3 rings (SSSR count). The molecule has 0 radical (unpaired) electrons. The van der Waals surface area contributed by atoms with Gasteiger partial charge in [0.25, 0.3) is 0 Å². The minimum atomic E-state index is -4.59. The second-order valence-electron chi connectivity index (χ2n) is 6.30. The highest BCUT2D eigenvalue weighted by atomic mass is 35.5. The number of aryl methyl sites for hydroxylation is 1. The Morgan fingerprint density at radius 1 is 1.46 bits per heavy atom. The van der Waals surface area contributed by atoms with Gasteiger partial charge in [-0.05, 0) is 30.0 Å². The van der Waals surface area contributed by atoms with Crippen molar-refractivity contribution in [3.8, 4) is 0 Å². The number of amides is 1. The molecule has 2 aromatic rings. The van der Waals surface area contributed by atoms with Crippen molar-refractivity contribution < 1.29 is 27.9 Å². The van der Waals surface area contributed by atoms with Crippen LogP contribution >= 0.6 is 11.6 Å². The number of hydrogen-bond donors (Lipinski definition) is 2. The molecule has 0 aliphatic carbocycles. The van der Waals surface area contributed by atoms with Crippen LogP contribution in [0.15, 0.2) is 12.3 Å². The van der Waals surface area contributed by atoms with Gasteiger partial charge in [-0.3, -0.25) is 14.7 Å².